The van der Waals surface area contributed by atoms with Crippen molar-refractivity contribution in [1.29, 1.82) is 0 Å². The molecule has 0 saturated heterocycles. The lowest BCUT2D eigenvalue weighted by molar-refractivity contribution is 0.0997. The number of hydrogen-bond acceptors (Lipinski definition) is 4. The van der Waals surface area contributed by atoms with Gasteiger partial charge in [0.05, 0.1) is 23.9 Å². The Bertz CT molecular complexity index is 1440. The predicted molar refractivity (Wildman–Crippen MR) is 129 cm³/mol. The molecular formula is C26H21FN6O. The zero-order valence-corrected chi connectivity index (χ0v) is 18.1. The van der Waals surface area contributed by atoms with Gasteiger partial charge in [0.15, 0.2) is 5.82 Å². The van der Waals surface area contributed by atoms with Crippen molar-refractivity contribution in [3.63, 3.8) is 0 Å². The molecule has 5 aromatic rings. The quantitative estimate of drug-likeness (QED) is 0.331. The van der Waals surface area contributed by atoms with Gasteiger partial charge in [-0.15, -0.1) is 0 Å². The fourth-order valence-electron chi connectivity index (χ4n) is 3.87. The molecule has 0 spiro atoms. The van der Waals surface area contributed by atoms with Crippen LogP contribution in [-0.2, 0) is 6.54 Å². The van der Waals surface area contributed by atoms with Crippen molar-refractivity contribution < 1.29 is 9.18 Å². The number of primary amides is 1. The average Bonchev–Trinajstić information content (AvgIpc) is 3.51. The first-order chi connectivity index (χ1) is 16.6. The first-order valence-electron chi connectivity index (χ1n) is 10.7. The average molecular weight is 452 g/mol. The van der Waals surface area contributed by atoms with Crippen LogP contribution in [0.15, 0.2) is 91.4 Å². The van der Waals surface area contributed by atoms with Crippen LogP contribution in [0.1, 0.15) is 16.1 Å². The van der Waals surface area contributed by atoms with Crippen molar-refractivity contribution in [2.75, 3.05) is 5.32 Å². The molecule has 0 saturated carbocycles. The second-order valence-corrected chi connectivity index (χ2v) is 7.67. The van der Waals surface area contributed by atoms with E-state index in [9.17, 15) is 9.18 Å². The topological polar surface area (TPSA) is 102 Å². The number of carbonyl (C=O) groups is 1. The third kappa shape index (κ3) is 4.04. The van der Waals surface area contributed by atoms with Crippen LogP contribution in [0.5, 0.6) is 0 Å². The van der Waals surface area contributed by atoms with Gasteiger partial charge in [-0.05, 0) is 35.4 Å². The maximum Gasteiger partial charge on any atom is 0.269 e. The van der Waals surface area contributed by atoms with Crippen LogP contribution in [0.3, 0.4) is 0 Å². The summed E-state index contributed by atoms with van der Waals surface area (Å²) in [6.07, 6.45) is 3.06. The maximum absolute atomic E-state index is 14.9. The SMILES string of the molecule is NC(=O)c1[nH]cnc1NCc1cnn(-c2ccc(-c3ccccc3)cc2)c1-c1ccccc1F. The van der Waals surface area contributed by atoms with Gasteiger partial charge < -0.3 is 16.0 Å². The van der Waals surface area contributed by atoms with Crippen LogP contribution in [0, 0.1) is 5.82 Å². The van der Waals surface area contributed by atoms with E-state index in [1.807, 2.05) is 54.6 Å². The number of amides is 1. The number of halogens is 1. The summed E-state index contributed by atoms with van der Waals surface area (Å²) >= 11 is 0. The number of imidazole rings is 1. The minimum absolute atomic E-state index is 0.177. The molecule has 34 heavy (non-hydrogen) atoms. The fraction of sp³-hybridized carbons (Fsp3) is 0.0385. The summed E-state index contributed by atoms with van der Waals surface area (Å²) in [4.78, 5) is 18.4. The van der Waals surface area contributed by atoms with E-state index in [0.717, 1.165) is 22.4 Å². The summed E-state index contributed by atoms with van der Waals surface area (Å²) in [7, 11) is 0. The first-order valence-corrected chi connectivity index (χ1v) is 10.7. The van der Waals surface area contributed by atoms with Gasteiger partial charge in [0.2, 0.25) is 0 Å². The zero-order chi connectivity index (χ0) is 23.5. The highest BCUT2D eigenvalue weighted by atomic mass is 19.1. The fourth-order valence-corrected chi connectivity index (χ4v) is 3.87. The van der Waals surface area contributed by atoms with Gasteiger partial charge in [-0.3, -0.25) is 4.79 Å². The Hall–Kier alpha value is -4.72. The second kappa shape index (κ2) is 9.03. The van der Waals surface area contributed by atoms with Crippen LogP contribution < -0.4 is 11.1 Å². The highest BCUT2D eigenvalue weighted by Gasteiger charge is 2.19. The number of H-pyrrole nitrogens is 1. The molecule has 2 heterocycles. The number of nitrogens with one attached hydrogen (secondary N) is 2. The molecule has 3 aromatic carbocycles. The number of anilines is 1. The van der Waals surface area contributed by atoms with Crippen LogP contribution in [0.25, 0.3) is 28.1 Å². The second-order valence-electron chi connectivity index (χ2n) is 7.67. The van der Waals surface area contributed by atoms with E-state index >= 15 is 0 Å². The Morgan fingerprint density at radius 3 is 2.41 bits per heavy atom. The largest absolute Gasteiger partial charge is 0.364 e. The van der Waals surface area contributed by atoms with Gasteiger partial charge in [0.25, 0.3) is 5.91 Å². The van der Waals surface area contributed by atoms with Crippen molar-refractivity contribution in [2.45, 2.75) is 6.54 Å². The van der Waals surface area contributed by atoms with Gasteiger partial charge in [-0.25, -0.2) is 14.1 Å². The molecule has 0 aliphatic carbocycles. The van der Waals surface area contributed by atoms with Gasteiger partial charge in [0, 0.05) is 17.7 Å². The smallest absolute Gasteiger partial charge is 0.269 e. The number of rotatable bonds is 7. The Balaban J connectivity index is 1.53. The minimum atomic E-state index is -0.622. The van der Waals surface area contributed by atoms with Crippen molar-refractivity contribution in [3.05, 3.63) is 108 Å². The number of hydrogen-bond donors (Lipinski definition) is 3. The van der Waals surface area contributed by atoms with Gasteiger partial charge in [-0.1, -0.05) is 54.6 Å². The van der Waals surface area contributed by atoms with Crippen LogP contribution in [0.4, 0.5) is 10.2 Å². The molecule has 8 heteroatoms. The van der Waals surface area contributed by atoms with Gasteiger partial charge >= 0.3 is 0 Å². The molecule has 5 rings (SSSR count). The van der Waals surface area contributed by atoms with E-state index in [2.05, 4.69) is 20.4 Å². The lowest BCUT2D eigenvalue weighted by atomic mass is 10.0. The summed E-state index contributed by atoms with van der Waals surface area (Å²) in [6, 6.07) is 24.6. The highest BCUT2D eigenvalue weighted by molar-refractivity contribution is 5.95. The monoisotopic (exact) mass is 452 g/mol. The summed E-state index contributed by atoms with van der Waals surface area (Å²) in [6.45, 7) is 0.261. The third-order valence-electron chi connectivity index (χ3n) is 5.53. The standard InChI is InChI=1S/C26H21FN6O/c27-22-9-5-4-8-21(22)24-19(14-29-26-23(25(28)34)30-16-31-26)15-32-33(24)20-12-10-18(11-13-20)17-6-2-1-3-7-17/h1-13,15-16,29H,14H2,(H2,28,34)(H,30,31). The molecule has 0 unspecified atom stereocenters. The number of aromatic amines is 1. The van der Waals surface area contributed by atoms with Crippen molar-refractivity contribution in [1.82, 2.24) is 19.7 Å². The number of carbonyl (C=O) groups excluding carboxylic acids is 1. The van der Waals surface area contributed by atoms with Crippen molar-refractivity contribution >= 4 is 11.7 Å². The Morgan fingerprint density at radius 2 is 1.68 bits per heavy atom. The van der Waals surface area contributed by atoms with E-state index in [1.54, 1.807) is 29.1 Å². The molecule has 0 bridgehead atoms. The normalized spacial score (nSPS) is 10.9. The molecule has 0 fully saturated rings. The minimum Gasteiger partial charge on any atom is -0.364 e. The molecular weight excluding hydrogens is 431 g/mol. The number of nitrogens with zero attached hydrogens (tertiary/aromatic N) is 3. The molecule has 4 N–H and O–H groups in total. The van der Waals surface area contributed by atoms with Crippen molar-refractivity contribution in [3.8, 4) is 28.1 Å². The lowest BCUT2D eigenvalue weighted by Crippen LogP contribution is -2.14. The van der Waals surface area contributed by atoms with Gasteiger partial charge in [0.1, 0.15) is 11.5 Å². The summed E-state index contributed by atoms with van der Waals surface area (Å²) in [5.74, 6) is -0.653. The van der Waals surface area contributed by atoms with E-state index < -0.39 is 5.91 Å². The maximum atomic E-state index is 14.9. The van der Waals surface area contributed by atoms with E-state index in [-0.39, 0.29) is 18.1 Å². The predicted octanol–water partition coefficient (Wildman–Crippen LogP) is 4.78. The van der Waals surface area contributed by atoms with Crippen molar-refractivity contribution in [2.24, 2.45) is 5.73 Å². The van der Waals surface area contributed by atoms with Crippen LogP contribution >= 0.6 is 0 Å². The molecule has 0 aliphatic heterocycles. The zero-order valence-electron chi connectivity index (χ0n) is 18.1. The molecule has 7 nitrogen and oxygen atoms in total. The molecule has 0 atom stereocenters. The number of nitrogens with two attached hydrogens (primary N) is 1. The van der Waals surface area contributed by atoms with E-state index in [4.69, 9.17) is 5.73 Å². The lowest BCUT2D eigenvalue weighted by Gasteiger charge is -2.12. The molecule has 0 radical (unpaired) electrons. The van der Waals surface area contributed by atoms with E-state index in [0.29, 0.717) is 17.1 Å². The first kappa shape index (κ1) is 21.1. The molecule has 2 aromatic heterocycles. The van der Waals surface area contributed by atoms with E-state index in [1.165, 1.54) is 12.4 Å². The van der Waals surface area contributed by atoms with Gasteiger partial charge in [-0.2, -0.15) is 5.10 Å². The summed E-state index contributed by atoms with van der Waals surface area (Å²) < 4.78 is 16.6. The summed E-state index contributed by atoms with van der Waals surface area (Å²) in [5, 5.41) is 7.65. The third-order valence-corrected chi connectivity index (χ3v) is 5.53. The molecule has 168 valence electrons. The Morgan fingerprint density at radius 1 is 0.971 bits per heavy atom. The highest BCUT2D eigenvalue weighted by Crippen LogP contribution is 2.30. The molecule has 1 amide bonds. The molecule has 0 aliphatic rings. The summed E-state index contributed by atoms with van der Waals surface area (Å²) in [5.41, 5.74) is 10.3. The number of aromatic nitrogens is 4. The Labute approximate surface area is 195 Å². The van der Waals surface area contributed by atoms with Crippen LogP contribution in [0.2, 0.25) is 0 Å². The Kier molecular flexibility index (Phi) is 5.61. The number of benzene rings is 3. The van der Waals surface area contributed by atoms with Crippen LogP contribution in [-0.4, -0.2) is 25.7 Å².